The molecule has 0 fully saturated rings. The maximum absolute atomic E-state index is 10.5. The first-order chi connectivity index (χ1) is 9.44. The molecule has 0 saturated heterocycles. The normalized spacial score (nSPS) is 15.3. The van der Waals surface area contributed by atoms with Crippen molar-refractivity contribution in [2.45, 2.75) is 6.42 Å². The Morgan fingerprint density at radius 2 is 2.15 bits per heavy atom. The minimum absolute atomic E-state index is 0.319. The number of hydrogen-bond donors (Lipinski definition) is 0. The second kappa shape index (κ2) is 6.83. The summed E-state index contributed by atoms with van der Waals surface area (Å²) in [7, 11) is -4.12. The summed E-state index contributed by atoms with van der Waals surface area (Å²) >= 11 is 5.29. The van der Waals surface area contributed by atoms with Crippen LogP contribution in [0, 0.1) is 0 Å². The Balaban J connectivity index is 1.98. The lowest BCUT2D eigenvalue weighted by Crippen LogP contribution is -2.10. The van der Waals surface area contributed by atoms with Gasteiger partial charge in [-0.1, -0.05) is 11.6 Å². The van der Waals surface area contributed by atoms with E-state index < -0.39 is 10.1 Å². The van der Waals surface area contributed by atoms with E-state index in [1.807, 2.05) is 15.0 Å². The average molecular weight is 428 g/mol. The molecule has 2 rings (SSSR count). The molecule has 9 heteroatoms. The molecule has 0 spiro atoms. The van der Waals surface area contributed by atoms with Gasteiger partial charge in [0.1, 0.15) is 5.15 Å². The quantitative estimate of drug-likeness (QED) is 0.531. The first-order valence-corrected chi connectivity index (χ1v) is 9.81. The molecule has 108 valence electrons. The van der Waals surface area contributed by atoms with Crippen molar-refractivity contribution >= 4 is 48.3 Å². The molecule has 0 atom stereocenters. The first kappa shape index (κ1) is 15.7. The van der Waals surface area contributed by atoms with Gasteiger partial charge >= 0.3 is 0 Å². The minimum Gasteiger partial charge on any atom is -0.748 e. The highest BCUT2D eigenvalue weighted by Crippen LogP contribution is 2.23. The molecule has 2 heterocycles. The van der Waals surface area contributed by atoms with Gasteiger partial charge in [0.15, 0.2) is 12.7 Å². The highest BCUT2D eigenvalue weighted by Gasteiger charge is 2.10. The zero-order valence-corrected chi connectivity index (χ0v) is 14.0. The van der Waals surface area contributed by atoms with Crippen LogP contribution in [0.5, 0.6) is 0 Å². The Morgan fingerprint density at radius 3 is 2.70 bits per heavy atom. The molecule has 0 saturated carbocycles. The number of rotatable bonds is 5. The molecule has 0 amide bonds. The van der Waals surface area contributed by atoms with Crippen LogP contribution in [0.15, 0.2) is 28.8 Å². The van der Waals surface area contributed by atoms with Crippen molar-refractivity contribution < 1.29 is 15.7 Å². The molecule has 0 N–H and O–H groups in total. The summed E-state index contributed by atoms with van der Waals surface area (Å²) in [4.78, 5) is 8.16. The Morgan fingerprint density at radius 1 is 1.35 bits per heavy atom. The first-order valence-electron chi connectivity index (χ1n) is 5.64. The van der Waals surface area contributed by atoms with Gasteiger partial charge in [-0.05, 0) is 0 Å². The zero-order valence-electron chi connectivity index (χ0n) is 10.2. The maximum Gasteiger partial charge on any atom is 0.236 e. The third-order valence-electron chi connectivity index (χ3n) is 2.39. The summed E-state index contributed by atoms with van der Waals surface area (Å²) < 4.78 is 35.7. The van der Waals surface area contributed by atoms with E-state index in [0.717, 1.165) is 11.3 Å². The van der Waals surface area contributed by atoms with E-state index in [2.05, 4.69) is 14.1 Å². The van der Waals surface area contributed by atoms with Crippen LogP contribution in [0.1, 0.15) is 12.1 Å². The smallest absolute Gasteiger partial charge is 0.236 e. The monoisotopic (exact) mass is 427 g/mol. The Bertz CT molecular complexity index is 683. The molecule has 0 aliphatic carbocycles. The van der Waals surface area contributed by atoms with Crippen LogP contribution in [0.2, 0.25) is 5.15 Å². The van der Waals surface area contributed by atoms with Crippen molar-refractivity contribution in [2.75, 3.05) is 12.3 Å². The molecule has 20 heavy (non-hydrogen) atoms. The van der Waals surface area contributed by atoms with Gasteiger partial charge in [-0.15, -0.1) is 0 Å². The molecule has 6 nitrogen and oxygen atoms in total. The second-order valence-electron chi connectivity index (χ2n) is 3.94. The molecule has 0 bridgehead atoms. The van der Waals surface area contributed by atoms with Crippen LogP contribution in [0.4, 0.5) is 0 Å². The summed E-state index contributed by atoms with van der Waals surface area (Å²) in [6.45, 7) is 0.571. The molecule has 1 aromatic rings. The number of aromatic nitrogens is 2. The Kier molecular flexibility index (Phi) is 5.35. The van der Waals surface area contributed by atoms with Crippen LogP contribution in [0.25, 0.3) is 5.57 Å². The van der Waals surface area contributed by atoms with Gasteiger partial charge in [0, 0.05) is 27.9 Å². The van der Waals surface area contributed by atoms with Crippen molar-refractivity contribution in [1.82, 2.24) is 9.97 Å². The van der Waals surface area contributed by atoms with Gasteiger partial charge in [-0.25, -0.2) is 13.4 Å². The largest absolute Gasteiger partial charge is 0.748 e. The van der Waals surface area contributed by atoms with E-state index in [-0.39, 0.29) is 26.8 Å². The predicted octanol–water partition coefficient (Wildman–Crippen LogP) is 2.10. The fraction of sp³-hybridized carbons (Fsp3) is 0.273. The zero-order chi connectivity index (χ0) is 14.6. The SMILES string of the molecule is O=S(=O)([O-])CCC[N+]1=IC=C(c2cnc(Cl)cn2)C=C1. The van der Waals surface area contributed by atoms with Crippen LogP contribution in [-0.2, 0) is 10.1 Å². The Labute approximate surface area is 132 Å². The van der Waals surface area contributed by atoms with Gasteiger partial charge in [-0.2, -0.15) is 2.73 Å². The van der Waals surface area contributed by atoms with Gasteiger partial charge in [0.05, 0.1) is 28.2 Å². The van der Waals surface area contributed by atoms with E-state index in [1.165, 1.54) is 6.20 Å². The predicted molar refractivity (Wildman–Crippen MR) is 82.5 cm³/mol. The van der Waals surface area contributed by atoms with Crippen molar-refractivity contribution in [1.29, 1.82) is 0 Å². The maximum atomic E-state index is 10.5. The fourth-order valence-electron chi connectivity index (χ4n) is 1.46. The van der Waals surface area contributed by atoms with Crippen LogP contribution in [-0.4, -0.2) is 38.0 Å². The highest BCUT2D eigenvalue weighted by molar-refractivity contribution is 14.2. The minimum atomic E-state index is -4.12. The lowest BCUT2D eigenvalue weighted by atomic mass is 10.2. The number of halogens is 2. The number of hydrogen-bond acceptors (Lipinski definition) is 5. The van der Waals surface area contributed by atoms with Crippen LogP contribution < -0.4 is 0 Å². The summed E-state index contributed by atoms with van der Waals surface area (Å²) in [6, 6.07) is 0. The van der Waals surface area contributed by atoms with Crippen molar-refractivity contribution in [3.63, 3.8) is 0 Å². The lowest BCUT2D eigenvalue weighted by molar-refractivity contribution is -0.401. The molecule has 1 aliphatic rings. The van der Waals surface area contributed by atoms with Crippen molar-refractivity contribution in [3.05, 3.63) is 39.6 Å². The molecule has 0 radical (unpaired) electrons. The average Bonchev–Trinajstić information content (AvgIpc) is 2.39. The molecular weight excluding hydrogens is 417 g/mol. The van der Waals surface area contributed by atoms with Gasteiger partial charge in [0.25, 0.3) is 0 Å². The van der Waals surface area contributed by atoms with Crippen molar-refractivity contribution in [2.24, 2.45) is 0 Å². The van der Waals surface area contributed by atoms with Crippen molar-refractivity contribution in [3.8, 4) is 0 Å². The van der Waals surface area contributed by atoms with E-state index in [0.29, 0.717) is 18.1 Å². The summed E-state index contributed by atoms with van der Waals surface area (Å²) in [6.07, 6.45) is 7.25. The molecular formula is C11H11ClIN3O3S. The molecule has 0 unspecified atom stereocenters. The van der Waals surface area contributed by atoms with E-state index >= 15 is 0 Å². The summed E-state index contributed by atoms with van der Waals surface area (Å²) in [5.41, 5.74) is 1.74. The number of nitrogens with zero attached hydrogens (tertiary/aromatic N) is 3. The van der Waals surface area contributed by atoms with E-state index in [1.54, 1.807) is 6.20 Å². The van der Waals surface area contributed by atoms with Crippen LogP contribution in [0.3, 0.4) is 0 Å². The number of allylic oxidation sites excluding steroid dienone is 2. The fourth-order valence-corrected chi connectivity index (χ4v) is 4.19. The summed E-state index contributed by atoms with van der Waals surface area (Å²) in [5, 5.41) is 0.351. The molecule has 1 aliphatic heterocycles. The Hall–Kier alpha value is -0.710. The molecule has 0 aromatic carbocycles. The van der Waals surface area contributed by atoms with Gasteiger partial charge in [-0.3, -0.25) is 4.98 Å². The lowest BCUT2D eigenvalue weighted by Gasteiger charge is -2.05. The van der Waals surface area contributed by atoms with Gasteiger partial charge in [0.2, 0.25) is 21.0 Å². The third kappa shape index (κ3) is 5.00. The highest BCUT2D eigenvalue weighted by atomic mass is 127. The van der Waals surface area contributed by atoms with Crippen LogP contribution >= 0.6 is 32.6 Å². The summed E-state index contributed by atoms with van der Waals surface area (Å²) in [5.74, 6) is -0.319. The second-order valence-corrected chi connectivity index (χ2v) is 8.27. The van der Waals surface area contributed by atoms with E-state index in [9.17, 15) is 13.0 Å². The van der Waals surface area contributed by atoms with E-state index in [4.69, 9.17) is 11.6 Å². The third-order valence-corrected chi connectivity index (χ3v) is 5.84. The topological polar surface area (TPSA) is 86.0 Å². The van der Waals surface area contributed by atoms with Gasteiger partial charge < -0.3 is 4.55 Å². The standard InChI is InChI=1S/C11H11ClIN3O3S/c12-11-8-14-10(7-15-11)9-2-4-16(13-6-9)3-1-5-20(17,18)19/h2,4,6-8H,1,3,5H2. The molecule has 1 aromatic heterocycles.